The van der Waals surface area contributed by atoms with E-state index in [1.165, 1.54) is 18.2 Å². The van der Waals surface area contributed by atoms with E-state index in [2.05, 4.69) is 10.3 Å². The van der Waals surface area contributed by atoms with E-state index < -0.39 is 24.3 Å². The van der Waals surface area contributed by atoms with Gasteiger partial charge < -0.3 is 10.1 Å². The Morgan fingerprint density at radius 3 is 2.62 bits per heavy atom. The first-order chi connectivity index (χ1) is 12.4. The molecule has 0 saturated carbocycles. The van der Waals surface area contributed by atoms with Gasteiger partial charge in [-0.1, -0.05) is 24.3 Å². The molecule has 136 valence electrons. The molecule has 0 fully saturated rings. The molecule has 0 aliphatic heterocycles. The van der Waals surface area contributed by atoms with Gasteiger partial charge in [0.15, 0.2) is 6.61 Å². The first kappa shape index (κ1) is 18.2. The Kier molecular flexibility index (Phi) is 5.41. The zero-order valence-electron chi connectivity index (χ0n) is 13.5. The molecule has 1 N–H and O–H groups in total. The largest absolute Gasteiger partial charge is 0.483 e. The number of para-hydroxylation sites is 2. The average molecular weight is 380 g/mol. The Morgan fingerprint density at radius 2 is 1.85 bits per heavy atom. The third kappa shape index (κ3) is 4.51. The van der Waals surface area contributed by atoms with Crippen molar-refractivity contribution in [3.8, 4) is 5.75 Å². The molecule has 0 aliphatic rings. The highest BCUT2D eigenvalue weighted by Crippen LogP contribution is 2.35. The summed E-state index contributed by atoms with van der Waals surface area (Å²) in [5.41, 5.74) is 0.00759. The quantitative estimate of drug-likeness (QED) is 0.702. The summed E-state index contributed by atoms with van der Waals surface area (Å²) in [6.07, 6.45) is -3.98. The van der Waals surface area contributed by atoms with Gasteiger partial charge in [-0.3, -0.25) is 4.79 Å². The number of fused-ring (bicyclic) bond motifs is 1. The zero-order chi connectivity index (χ0) is 18.6. The number of hydrogen-bond acceptors (Lipinski definition) is 4. The van der Waals surface area contributed by atoms with E-state index in [0.29, 0.717) is 13.0 Å². The lowest BCUT2D eigenvalue weighted by Gasteiger charge is -2.13. The highest BCUT2D eigenvalue weighted by molar-refractivity contribution is 7.18. The van der Waals surface area contributed by atoms with Gasteiger partial charge in [0.25, 0.3) is 5.91 Å². The smallest absolute Gasteiger partial charge is 0.419 e. The van der Waals surface area contributed by atoms with E-state index in [4.69, 9.17) is 4.74 Å². The van der Waals surface area contributed by atoms with Gasteiger partial charge >= 0.3 is 6.18 Å². The lowest BCUT2D eigenvalue weighted by atomic mass is 10.2. The van der Waals surface area contributed by atoms with Crippen LogP contribution >= 0.6 is 11.3 Å². The van der Waals surface area contributed by atoms with Crippen LogP contribution in [0.1, 0.15) is 10.6 Å². The predicted octanol–water partition coefficient (Wildman–Crippen LogP) is 4.05. The molecule has 1 aromatic heterocycles. The molecular formula is C18H15F3N2O2S. The summed E-state index contributed by atoms with van der Waals surface area (Å²) in [4.78, 5) is 16.3. The van der Waals surface area contributed by atoms with Crippen molar-refractivity contribution in [1.82, 2.24) is 10.3 Å². The van der Waals surface area contributed by atoms with E-state index in [9.17, 15) is 18.0 Å². The van der Waals surface area contributed by atoms with Crippen LogP contribution in [0.15, 0.2) is 48.5 Å². The first-order valence-electron chi connectivity index (χ1n) is 7.83. The van der Waals surface area contributed by atoms with Crippen LogP contribution in [0, 0.1) is 0 Å². The second-order valence-electron chi connectivity index (χ2n) is 5.46. The van der Waals surface area contributed by atoms with E-state index in [1.807, 2.05) is 24.3 Å². The molecule has 1 heterocycles. The van der Waals surface area contributed by atoms with E-state index in [1.54, 1.807) is 11.3 Å². The van der Waals surface area contributed by atoms with Crippen molar-refractivity contribution in [2.45, 2.75) is 12.6 Å². The summed E-state index contributed by atoms with van der Waals surface area (Å²) in [6.45, 7) is -0.143. The Bertz CT molecular complexity index is 876. The maximum Gasteiger partial charge on any atom is 0.419 e. The Morgan fingerprint density at radius 1 is 1.12 bits per heavy atom. The summed E-state index contributed by atoms with van der Waals surface area (Å²) < 4.78 is 44.7. The SMILES string of the molecule is O=C(COc1ccccc1C(F)(F)F)NCCc1nc2ccccc2s1. The third-order valence-corrected chi connectivity index (χ3v) is 4.65. The fourth-order valence-electron chi connectivity index (χ4n) is 2.36. The van der Waals surface area contributed by atoms with Crippen LogP contribution in [0.3, 0.4) is 0 Å². The molecule has 0 unspecified atom stereocenters. The Hall–Kier alpha value is -2.61. The normalized spacial score (nSPS) is 11.5. The van der Waals surface area contributed by atoms with E-state index in [0.717, 1.165) is 21.3 Å². The second-order valence-corrected chi connectivity index (χ2v) is 6.57. The van der Waals surface area contributed by atoms with Crippen LogP contribution in [0.4, 0.5) is 13.2 Å². The minimum atomic E-state index is -4.53. The molecule has 4 nitrogen and oxygen atoms in total. The molecule has 0 atom stereocenters. The Balaban J connectivity index is 1.49. The van der Waals surface area contributed by atoms with Crippen LogP contribution in [0.5, 0.6) is 5.75 Å². The molecule has 1 amide bonds. The fraction of sp³-hybridized carbons (Fsp3) is 0.222. The van der Waals surface area contributed by atoms with Gasteiger partial charge in [-0.15, -0.1) is 11.3 Å². The van der Waals surface area contributed by atoms with Crippen LogP contribution in [0.2, 0.25) is 0 Å². The van der Waals surface area contributed by atoms with E-state index in [-0.39, 0.29) is 5.75 Å². The standard InChI is InChI=1S/C18H15F3N2O2S/c19-18(20,21)12-5-1-3-7-14(12)25-11-16(24)22-10-9-17-23-13-6-2-4-8-15(13)26-17/h1-8H,9-11H2,(H,22,24). The summed E-state index contributed by atoms with van der Waals surface area (Å²) in [5.74, 6) is -0.843. The van der Waals surface area contributed by atoms with Crippen molar-refractivity contribution in [3.05, 3.63) is 59.1 Å². The molecule has 0 aliphatic carbocycles. The minimum Gasteiger partial charge on any atom is -0.483 e. The molecule has 26 heavy (non-hydrogen) atoms. The number of nitrogens with zero attached hydrogens (tertiary/aromatic N) is 1. The van der Waals surface area contributed by atoms with Gasteiger partial charge in [-0.05, 0) is 24.3 Å². The fourth-order valence-corrected chi connectivity index (χ4v) is 3.32. The number of aromatic nitrogens is 1. The number of ether oxygens (including phenoxy) is 1. The maximum atomic E-state index is 12.9. The maximum absolute atomic E-state index is 12.9. The van der Waals surface area contributed by atoms with Crippen LogP contribution in [-0.4, -0.2) is 24.0 Å². The number of hydrogen-bond donors (Lipinski definition) is 1. The highest BCUT2D eigenvalue weighted by Gasteiger charge is 2.34. The molecule has 3 rings (SSSR count). The first-order valence-corrected chi connectivity index (χ1v) is 8.65. The van der Waals surface area contributed by atoms with Crippen molar-refractivity contribution >= 4 is 27.5 Å². The molecule has 0 saturated heterocycles. The minimum absolute atomic E-state index is 0.336. The summed E-state index contributed by atoms with van der Waals surface area (Å²) in [5, 5.41) is 3.51. The number of carbonyl (C=O) groups excluding carboxylic acids is 1. The molecule has 3 aromatic rings. The average Bonchev–Trinajstić information content (AvgIpc) is 3.02. The van der Waals surface area contributed by atoms with Crippen molar-refractivity contribution < 1.29 is 22.7 Å². The summed E-state index contributed by atoms with van der Waals surface area (Å²) in [7, 11) is 0. The monoisotopic (exact) mass is 380 g/mol. The topological polar surface area (TPSA) is 51.2 Å². The number of carbonyl (C=O) groups is 1. The number of amides is 1. The zero-order valence-corrected chi connectivity index (χ0v) is 14.4. The van der Waals surface area contributed by atoms with Crippen LogP contribution in [-0.2, 0) is 17.4 Å². The number of alkyl halides is 3. The molecule has 0 spiro atoms. The van der Waals surface area contributed by atoms with E-state index >= 15 is 0 Å². The van der Waals surface area contributed by atoms with Gasteiger partial charge in [0.2, 0.25) is 0 Å². The molecule has 2 aromatic carbocycles. The molecule has 0 radical (unpaired) electrons. The third-order valence-electron chi connectivity index (χ3n) is 3.55. The number of halogens is 3. The summed E-state index contributed by atoms with van der Waals surface area (Å²) >= 11 is 1.55. The van der Waals surface area contributed by atoms with Crippen LogP contribution < -0.4 is 10.1 Å². The van der Waals surface area contributed by atoms with Gasteiger partial charge in [0, 0.05) is 13.0 Å². The second kappa shape index (κ2) is 7.74. The molecule has 8 heteroatoms. The van der Waals surface area contributed by atoms with Gasteiger partial charge in [-0.25, -0.2) is 4.98 Å². The summed E-state index contributed by atoms with van der Waals surface area (Å²) in [6, 6.07) is 12.5. The molecular weight excluding hydrogens is 365 g/mol. The van der Waals surface area contributed by atoms with Crippen molar-refractivity contribution in [3.63, 3.8) is 0 Å². The molecule has 0 bridgehead atoms. The van der Waals surface area contributed by atoms with Crippen molar-refractivity contribution in [2.75, 3.05) is 13.2 Å². The number of nitrogens with one attached hydrogen (secondary N) is 1. The number of benzene rings is 2. The highest BCUT2D eigenvalue weighted by atomic mass is 32.1. The lowest BCUT2D eigenvalue weighted by Crippen LogP contribution is -2.30. The lowest BCUT2D eigenvalue weighted by molar-refractivity contribution is -0.139. The predicted molar refractivity (Wildman–Crippen MR) is 93.3 cm³/mol. The van der Waals surface area contributed by atoms with Gasteiger partial charge in [-0.2, -0.15) is 13.2 Å². The Labute approximate surface area is 151 Å². The van der Waals surface area contributed by atoms with Gasteiger partial charge in [0.1, 0.15) is 5.75 Å². The van der Waals surface area contributed by atoms with Crippen molar-refractivity contribution in [2.24, 2.45) is 0 Å². The van der Waals surface area contributed by atoms with Crippen LogP contribution in [0.25, 0.3) is 10.2 Å². The number of rotatable bonds is 6. The van der Waals surface area contributed by atoms with Crippen molar-refractivity contribution in [1.29, 1.82) is 0 Å². The number of thiazole rings is 1. The van der Waals surface area contributed by atoms with Gasteiger partial charge in [0.05, 0.1) is 20.8 Å².